The molecule has 25 heavy (non-hydrogen) atoms. The van der Waals surface area contributed by atoms with Crippen LogP contribution in [0, 0.1) is 0 Å². The minimum atomic E-state index is -2.02. The van der Waals surface area contributed by atoms with Crippen LogP contribution in [0.15, 0.2) is 91.0 Å². The molecular weight excluding hydrogens is 327 g/mol. The van der Waals surface area contributed by atoms with E-state index >= 15 is 0 Å². The molecule has 0 aromatic heterocycles. The van der Waals surface area contributed by atoms with Gasteiger partial charge in [0.1, 0.15) is 0 Å². The van der Waals surface area contributed by atoms with Crippen molar-refractivity contribution in [3.8, 4) is 0 Å². The van der Waals surface area contributed by atoms with Gasteiger partial charge in [-0.3, -0.25) is 0 Å². The smallest absolute Gasteiger partial charge is 0.177 e. The lowest BCUT2D eigenvalue weighted by Gasteiger charge is -2.30. The number of hydrogen-bond donors (Lipinski definition) is 0. The highest BCUT2D eigenvalue weighted by Gasteiger charge is 2.26. The van der Waals surface area contributed by atoms with Crippen LogP contribution in [-0.2, 0) is 9.47 Å². The third kappa shape index (κ3) is 3.62. The van der Waals surface area contributed by atoms with Crippen molar-refractivity contribution in [2.45, 2.75) is 6.29 Å². The SMILES string of the molecule is COC(C=P(c1ccccc1)(c1ccccc1)c1ccccc1)OC. The van der Waals surface area contributed by atoms with Gasteiger partial charge in [0.25, 0.3) is 0 Å². The number of benzene rings is 3. The largest absolute Gasteiger partial charge is 0.352 e. The fourth-order valence-corrected chi connectivity index (χ4v) is 7.04. The van der Waals surface area contributed by atoms with Crippen LogP contribution in [0.4, 0.5) is 0 Å². The highest BCUT2D eigenvalue weighted by atomic mass is 31.2. The molecule has 128 valence electrons. The van der Waals surface area contributed by atoms with Crippen molar-refractivity contribution in [1.82, 2.24) is 0 Å². The van der Waals surface area contributed by atoms with Gasteiger partial charge in [0.15, 0.2) is 6.29 Å². The molecule has 0 aliphatic rings. The topological polar surface area (TPSA) is 18.5 Å². The monoisotopic (exact) mass is 350 g/mol. The summed E-state index contributed by atoms with van der Waals surface area (Å²) >= 11 is 0. The Kier molecular flexibility index (Phi) is 5.88. The van der Waals surface area contributed by atoms with E-state index < -0.39 is 6.89 Å². The predicted molar refractivity (Wildman–Crippen MR) is 109 cm³/mol. The molecule has 3 rings (SSSR count). The van der Waals surface area contributed by atoms with E-state index in [1.54, 1.807) is 14.2 Å². The molecule has 0 N–H and O–H groups in total. The van der Waals surface area contributed by atoms with Gasteiger partial charge in [0.05, 0.1) is 0 Å². The summed E-state index contributed by atoms with van der Waals surface area (Å²) in [5, 5.41) is 3.85. The molecule has 0 unspecified atom stereocenters. The van der Waals surface area contributed by atoms with Crippen molar-refractivity contribution in [3.63, 3.8) is 0 Å². The fraction of sp³-hybridized carbons (Fsp3) is 0.136. The van der Waals surface area contributed by atoms with E-state index in [4.69, 9.17) is 9.47 Å². The minimum absolute atomic E-state index is 0.381. The summed E-state index contributed by atoms with van der Waals surface area (Å²) in [4.78, 5) is 0. The van der Waals surface area contributed by atoms with E-state index in [1.165, 1.54) is 15.9 Å². The van der Waals surface area contributed by atoms with Gasteiger partial charge in [-0.05, 0) is 28.6 Å². The molecule has 0 bridgehead atoms. The van der Waals surface area contributed by atoms with Crippen molar-refractivity contribution >= 4 is 28.6 Å². The number of ether oxygens (including phenoxy) is 2. The Hall–Kier alpha value is -2.12. The van der Waals surface area contributed by atoms with Crippen LogP contribution in [0.5, 0.6) is 0 Å². The maximum absolute atomic E-state index is 5.57. The number of hydrogen-bond acceptors (Lipinski definition) is 2. The van der Waals surface area contributed by atoms with Crippen LogP contribution in [0.2, 0.25) is 0 Å². The van der Waals surface area contributed by atoms with Gasteiger partial charge >= 0.3 is 0 Å². The van der Waals surface area contributed by atoms with Crippen LogP contribution in [0.1, 0.15) is 0 Å². The lowest BCUT2D eigenvalue weighted by atomic mass is 10.4. The van der Waals surface area contributed by atoms with Gasteiger partial charge in [-0.15, -0.1) is 0 Å². The normalized spacial score (nSPS) is 11.5. The zero-order valence-corrected chi connectivity index (χ0v) is 15.5. The van der Waals surface area contributed by atoms with Crippen molar-refractivity contribution in [3.05, 3.63) is 91.0 Å². The number of methoxy groups -OCH3 is 2. The summed E-state index contributed by atoms with van der Waals surface area (Å²) < 4.78 is 11.1. The molecule has 3 aromatic rings. The van der Waals surface area contributed by atoms with E-state index in [1.807, 2.05) is 0 Å². The summed E-state index contributed by atoms with van der Waals surface area (Å²) in [6.07, 6.45) is -0.381. The van der Waals surface area contributed by atoms with Crippen LogP contribution < -0.4 is 15.9 Å². The summed E-state index contributed by atoms with van der Waals surface area (Å²) in [5.41, 5.74) is 0. The van der Waals surface area contributed by atoms with E-state index in [-0.39, 0.29) is 6.29 Å². The lowest BCUT2D eigenvalue weighted by molar-refractivity contribution is -0.0471. The maximum Gasteiger partial charge on any atom is 0.177 e. The molecular formula is C22H23O2P. The van der Waals surface area contributed by atoms with Gasteiger partial charge < -0.3 is 9.47 Å². The molecule has 0 fully saturated rings. The first-order chi connectivity index (χ1) is 12.3. The molecule has 0 aliphatic carbocycles. The Morgan fingerprint density at radius 1 is 0.600 bits per heavy atom. The fourth-order valence-electron chi connectivity index (χ4n) is 3.10. The minimum Gasteiger partial charge on any atom is -0.352 e. The Morgan fingerprint density at radius 3 is 1.20 bits per heavy atom. The van der Waals surface area contributed by atoms with Crippen LogP contribution >= 0.6 is 6.89 Å². The zero-order chi connectivity index (χ0) is 17.5. The predicted octanol–water partition coefficient (Wildman–Crippen LogP) is 3.40. The van der Waals surface area contributed by atoms with Crippen molar-refractivity contribution in [1.29, 1.82) is 0 Å². The van der Waals surface area contributed by atoms with Crippen molar-refractivity contribution in [2.24, 2.45) is 0 Å². The van der Waals surface area contributed by atoms with E-state index in [9.17, 15) is 0 Å². The van der Waals surface area contributed by atoms with E-state index in [0.29, 0.717) is 0 Å². The molecule has 0 atom stereocenters. The highest BCUT2D eigenvalue weighted by Crippen LogP contribution is 2.44. The molecule has 0 heterocycles. The Labute approximate surface area is 150 Å². The maximum atomic E-state index is 5.57. The molecule has 0 radical (unpaired) electrons. The van der Waals surface area contributed by atoms with Gasteiger partial charge in [-0.1, -0.05) is 91.0 Å². The van der Waals surface area contributed by atoms with Crippen LogP contribution in [-0.4, -0.2) is 26.3 Å². The Morgan fingerprint density at radius 2 is 0.920 bits per heavy atom. The van der Waals surface area contributed by atoms with Crippen molar-refractivity contribution in [2.75, 3.05) is 14.2 Å². The number of rotatable bonds is 6. The first kappa shape index (κ1) is 17.7. The summed E-state index contributed by atoms with van der Waals surface area (Å²) in [5.74, 6) is 2.24. The molecule has 0 aliphatic heterocycles. The standard InChI is InChI=1S/C22H23O2P/c1-23-22(24-2)18-25(19-12-6-3-7-13-19,20-14-8-4-9-15-20)21-16-10-5-11-17-21/h3-18,22H,1-2H3. The molecule has 0 saturated heterocycles. The van der Waals surface area contributed by atoms with Crippen LogP contribution in [0.25, 0.3) is 0 Å². The zero-order valence-electron chi connectivity index (χ0n) is 14.6. The molecule has 3 heteroatoms. The van der Waals surface area contributed by atoms with E-state index in [0.717, 1.165) is 0 Å². The van der Waals surface area contributed by atoms with Crippen LogP contribution in [0.3, 0.4) is 0 Å². The molecule has 0 amide bonds. The second-order valence-corrected chi connectivity index (χ2v) is 9.01. The van der Waals surface area contributed by atoms with Gasteiger partial charge in [-0.25, -0.2) is 0 Å². The highest BCUT2D eigenvalue weighted by molar-refractivity contribution is 7.94. The van der Waals surface area contributed by atoms with Gasteiger partial charge in [-0.2, -0.15) is 0 Å². The third-order valence-corrected chi connectivity index (χ3v) is 8.33. The van der Waals surface area contributed by atoms with Gasteiger partial charge in [0, 0.05) is 14.2 Å². The van der Waals surface area contributed by atoms with Crippen molar-refractivity contribution < 1.29 is 9.47 Å². The Balaban J connectivity index is 2.40. The first-order valence-corrected chi connectivity index (χ1v) is 10.1. The summed E-state index contributed by atoms with van der Waals surface area (Å²) in [6.45, 7) is -2.02. The van der Waals surface area contributed by atoms with E-state index in [2.05, 4.69) is 96.8 Å². The molecule has 0 saturated carbocycles. The lowest BCUT2D eigenvalue weighted by Crippen LogP contribution is -2.30. The average Bonchev–Trinajstić information content (AvgIpc) is 2.71. The van der Waals surface area contributed by atoms with Gasteiger partial charge in [0.2, 0.25) is 0 Å². The second-order valence-electron chi connectivity index (χ2n) is 5.72. The summed E-state index contributed by atoms with van der Waals surface area (Å²) in [6, 6.07) is 31.9. The molecule has 2 nitrogen and oxygen atoms in total. The molecule has 3 aromatic carbocycles. The third-order valence-electron chi connectivity index (χ3n) is 4.30. The first-order valence-electron chi connectivity index (χ1n) is 8.28. The summed E-state index contributed by atoms with van der Waals surface area (Å²) in [7, 11) is 3.36. The molecule has 0 spiro atoms. The average molecular weight is 350 g/mol. The quantitative estimate of drug-likeness (QED) is 0.501. The Bertz CT molecular complexity index is 722. The second kappa shape index (κ2) is 8.31.